The fourth-order valence-electron chi connectivity index (χ4n) is 2.54. The van der Waals surface area contributed by atoms with Crippen LogP contribution in [-0.4, -0.2) is 23.6 Å². The van der Waals surface area contributed by atoms with Crippen LogP contribution in [0.1, 0.15) is 11.1 Å². The van der Waals surface area contributed by atoms with E-state index < -0.39 is 5.82 Å². The van der Waals surface area contributed by atoms with Crippen LogP contribution < -0.4 is 0 Å². The van der Waals surface area contributed by atoms with Gasteiger partial charge in [-0.15, -0.1) is 17.0 Å². The highest BCUT2D eigenvalue weighted by Gasteiger charge is 2.12. The minimum Gasteiger partial charge on any atom is -0.507 e. The Kier molecular flexibility index (Phi) is 6.15. The molecule has 0 spiro atoms. The van der Waals surface area contributed by atoms with Crippen molar-refractivity contribution in [1.29, 1.82) is 0 Å². The molecule has 1 heterocycles. The van der Waals surface area contributed by atoms with Gasteiger partial charge in [0, 0.05) is 19.2 Å². The van der Waals surface area contributed by atoms with E-state index in [1.807, 2.05) is 36.4 Å². The van der Waals surface area contributed by atoms with Gasteiger partial charge in [-0.1, -0.05) is 18.2 Å². The molecule has 5 heteroatoms. The van der Waals surface area contributed by atoms with Crippen molar-refractivity contribution >= 4 is 22.6 Å². The van der Waals surface area contributed by atoms with Crippen LogP contribution >= 0.6 is 17.0 Å². The lowest BCUT2D eigenvalue weighted by Gasteiger charge is -2.17. The second kappa shape index (κ2) is 8.12. The van der Waals surface area contributed by atoms with Gasteiger partial charge in [-0.3, -0.25) is 0 Å². The molecule has 0 radical (unpaired) electrons. The lowest BCUT2D eigenvalue weighted by atomic mass is 9.94. The number of phenols is 1. The maximum atomic E-state index is 13.7. The van der Waals surface area contributed by atoms with E-state index in [9.17, 15) is 13.9 Å². The number of benzene rings is 2. The predicted molar refractivity (Wildman–Crippen MR) is 102 cm³/mol. The highest BCUT2D eigenvalue weighted by molar-refractivity contribution is 8.93. The summed E-state index contributed by atoms with van der Waals surface area (Å²) in [7, 11) is 1.97. The molecule has 0 aliphatic carbocycles. The van der Waals surface area contributed by atoms with Gasteiger partial charge in [0.15, 0.2) is 0 Å². The Labute approximate surface area is 156 Å². The summed E-state index contributed by atoms with van der Waals surface area (Å²) in [6.45, 7) is 0.758. The molecule has 0 atom stereocenters. The maximum Gasteiger partial charge on any atom is 0.124 e. The van der Waals surface area contributed by atoms with E-state index in [1.54, 1.807) is 12.1 Å². The van der Waals surface area contributed by atoms with Crippen molar-refractivity contribution in [2.75, 3.05) is 13.6 Å². The second-order valence-electron chi connectivity index (χ2n) is 5.69. The lowest BCUT2D eigenvalue weighted by molar-refractivity contribution is 0.471. The third-order valence-corrected chi connectivity index (χ3v) is 3.85. The average molecular weight is 406 g/mol. The van der Waals surface area contributed by atoms with Crippen LogP contribution in [0, 0.1) is 11.6 Å². The summed E-state index contributed by atoms with van der Waals surface area (Å²) in [4.78, 5) is 2.02. The zero-order valence-corrected chi connectivity index (χ0v) is 15.3. The van der Waals surface area contributed by atoms with Crippen molar-refractivity contribution in [3.05, 3.63) is 95.2 Å². The van der Waals surface area contributed by atoms with Gasteiger partial charge < -0.3 is 10.0 Å². The minimum atomic E-state index is -0.441. The molecule has 0 bridgehead atoms. The molecule has 1 aliphatic rings. The molecule has 0 saturated carbocycles. The van der Waals surface area contributed by atoms with E-state index in [2.05, 4.69) is 0 Å². The number of likely N-dealkylation sites (N-methyl/N-ethyl adjacent to an activating group) is 1. The number of hydrogen-bond acceptors (Lipinski definition) is 2. The molecule has 2 aromatic carbocycles. The van der Waals surface area contributed by atoms with Crippen LogP contribution in [0.25, 0.3) is 5.57 Å². The molecular weight excluding hydrogens is 388 g/mol. The quantitative estimate of drug-likeness (QED) is 0.770. The van der Waals surface area contributed by atoms with Crippen LogP contribution in [0.15, 0.2) is 72.5 Å². The van der Waals surface area contributed by atoms with Gasteiger partial charge in [0.05, 0.1) is 0 Å². The molecule has 0 amide bonds. The SMILES string of the molecule is Br.CN1C=CC(C=C(c2ccc(F)cc2)c2cc(F)ccc2O)=CC1. The molecule has 2 aromatic rings. The number of rotatable bonds is 3. The minimum absolute atomic E-state index is 0. The summed E-state index contributed by atoms with van der Waals surface area (Å²) < 4.78 is 26.9. The topological polar surface area (TPSA) is 23.5 Å². The van der Waals surface area contributed by atoms with Gasteiger partial charge in [0.1, 0.15) is 17.4 Å². The Morgan fingerprint density at radius 1 is 1.08 bits per heavy atom. The fraction of sp³-hybridized carbons (Fsp3) is 0.100. The summed E-state index contributed by atoms with van der Waals surface area (Å²) in [5.41, 5.74) is 2.64. The van der Waals surface area contributed by atoms with Crippen molar-refractivity contribution in [1.82, 2.24) is 4.90 Å². The molecule has 2 nitrogen and oxygen atoms in total. The zero-order valence-electron chi connectivity index (χ0n) is 13.6. The summed E-state index contributed by atoms with van der Waals surface area (Å²) in [5, 5.41) is 10.2. The number of nitrogens with zero attached hydrogens (tertiary/aromatic N) is 1. The van der Waals surface area contributed by atoms with E-state index in [0.29, 0.717) is 16.7 Å². The molecule has 1 N–H and O–H groups in total. The van der Waals surface area contributed by atoms with Crippen molar-refractivity contribution in [2.24, 2.45) is 0 Å². The van der Waals surface area contributed by atoms with Crippen molar-refractivity contribution in [3.63, 3.8) is 0 Å². The highest BCUT2D eigenvalue weighted by atomic mass is 79.9. The summed E-state index contributed by atoms with van der Waals surface area (Å²) >= 11 is 0. The van der Waals surface area contributed by atoms with Gasteiger partial charge in [-0.2, -0.15) is 0 Å². The van der Waals surface area contributed by atoms with Crippen LogP contribution in [0.5, 0.6) is 5.75 Å². The monoisotopic (exact) mass is 405 g/mol. The molecule has 130 valence electrons. The third kappa shape index (κ3) is 4.57. The van der Waals surface area contributed by atoms with Gasteiger partial charge in [-0.25, -0.2) is 8.78 Å². The Bertz CT molecular complexity index is 841. The largest absolute Gasteiger partial charge is 0.507 e. The molecular formula is C20H18BrF2NO. The predicted octanol–water partition coefficient (Wildman–Crippen LogP) is 5.07. The van der Waals surface area contributed by atoms with Crippen molar-refractivity contribution in [3.8, 4) is 5.75 Å². The van der Waals surface area contributed by atoms with E-state index >= 15 is 0 Å². The fourth-order valence-corrected chi connectivity index (χ4v) is 2.54. The normalized spacial score (nSPS) is 14.1. The van der Waals surface area contributed by atoms with Crippen molar-refractivity contribution < 1.29 is 13.9 Å². The van der Waals surface area contributed by atoms with Gasteiger partial charge >= 0.3 is 0 Å². The Morgan fingerprint density at radius 3 is 2.40 bits per heavy atom. The molecule has 25 heavy (non-hydrogen) atoms. The summed E-state index contributed by atoms with van der Waals surface area (Å²) in [6, 6.07) is 9.73. The van der Waals surface area contributed by atoms with E-state index in [0.717, 1.165) is 12.1 Å². The first-order valence-electron chi connectivity index (χ1n) is 7.58. The first kappa shape index (κ1) is 18.9. The molecule has 0 saturated heterocycles. The van der Waals surface area contributed by atoms with Gasteiger partial charge in [0.2, 0.25) is 0 Å². The van der Waals surface area contributed by atoms with Crippen LogP contribution in [-0.2, 0) is 0 Å². The molecule has 1 aliphatic heterocycles. The average Bonchev–Trinajstić information content (AvgIpc) is 2.58. The van der Waals surface area contributed by atoms with Crippen molar-refractivity contribution in [2.45, 2.75) is 0 Å². The number of halogens is 3. The first-order chi connectivity index (χ1) is 11.5. The number of phenolic OH excluding ortho intramolecular Hbond substituents is 1. The highest BCUT2D eigenvalue weighted by Crippen LogP contribution is 2.32. The Hall–Kier alpha value is -2.40. The third-order valence-electron chi connectivity index (χ3n) is 3.85. The number of allylic oxidation sites excluding steroid dienone is 3. The molecule has 0 fully saturated rings. The molecule has 0 unspecified atom stereocenters. The Balaban J connectivity index is 0.00000225. The van der Waals surface area contributed by atoms with E-state index in [4.69, 9.17) is 0 Å². The zero-order chi connectivity index (χ0) is 17.1. The van der Waals surface area contributed by atoms with Gasteiger partial charge in [0.25, 0.3) is 0 Å². The van der Waals surface area contributed by atoms with E-state index in [-0.39, 0.29) is 28.5 Å². The maximum absolute atomic E-state index is 13.7. The smallest absolute Gasteiger partial charge is 0.124 e. The Morgan fingerprint density at radius 2 is 1.76 bits per heavy atom. The van der Waals surface area contributed by atoms with Crippen LogP contribution in [0.2, 0.25) is 0 Å². The molecule has 0 aromatic heterocycles. The standard InChI is InChI=1S/C20H17F2NO.BrH/c1-23-10-8-14(9-11-23)12-18(15-2-4-16(21)5-3-15)19-13-17(22)6-7-20(19)24;/h2-10,12-13,24H,11H2,1H3;1H. The van der Waals surface area contributed by atoms with E-state index in [1.165, 1.54) is 30.3 Å². The number of aromatic hydroxyl groups is 1. The number of hydrogen-bond donors (Lipinski definition) is 1. The summed E-state index contributed by atoms with van der Waals surface area (Å²) in [5.74, 6) is -0.812. The van der Waals surface area contributed by atoms with Crippen LogP contribution in [0.4, 0.5) is 8.78 Å². The lowest BCUT2D eigenvalue weighted by Crippen LogP contribution is -2.13. The van der Waals surface area contributed by atoms with Gasteiger partial charge in [-0.05, 0) is 65.4 Å². The molecule has 3 rings (SSSR count). The van der Waals surface area contributed by atoms with Crippen LogP contribution in [0.3, 0.4) is 0 Å². The second-order valence-corrected chi connectivity index (χ2v) is 5.69. The first-order valence-corrected chi connectivity index (χ1v) is 7.58. The summed E-state index contributed by atoms with van der Waals surface area (Å²) in [6.07, 6.45) is 7.77.